The van der Waals surface area contributed by atoms with Gasteiger partial charge in [0.05, 0.1) is 32.0 Å². The average molecular weight is 357 g/mol. The first-order valence-corrected chi connectivity index (χ1v) is 8.42. The first-order chi connectivity index (χ1) is 11.9. The van der Waals surface area contributed by atoms with Crippen LogP contribution in [-0.4, -0.2) is 63.4 Å². The smallest absolute Gasteiger partial charge is 0.333 e. The first kappa shape index (κ1) is 18.1. The molecule has 3 heterocycles. The number of aliphatic hydroxyl groups excluding tert-OH is 1. The van der Waals surface area contributed by atoms with Crippen molar-refractivity contribution >= 4 is 0 Å². The molecule has 0 spiro atoms. The predicted octanol–water partition coefficient (Wildman–Crippen LogP) is -1.67. The molecular weight excluding hydrogens is 334 g/mol. The Hall–Kier alpha value is -1.75. The highest BCUT2D eigenvalue weighted by molar-refractivity contribution is 4.98. The highest BCUT2D eigenvalue weighted by atomic mass is 16.6. The van der Waals surface area contributed by atoms with E-state index >= 15 is 0 Å². The molecule has 0 saturated carbocycles. The summed E-state index contributed by atoms with van der Waals surface area (Å²) < 4.78 is 17.4. The Labute approximate surface area is 142 Å². The Bertz CT molecular complexity index is 711. The fourth-order valence-corrected chi connectivity index (χ4v) is 2.98. The second-order valence-electron chi connectivity index (χ2n) is 6.55. The van der Waals surface area contributed by atoms with Crippen LogP contribution in [0, 0.1) is 0 Å². The molecule has 10 heteroatoms. The number of ether oxygens (including phenoxy) is 3. The summed E-state index contributed by atoms with van der Waals surface area (Å²) in [6, 6.07) is 0. The molecule has 2 fully saturated rings. The topological polar surface area (TPSA) is 142 Å². The van der Waals surface area contributed by atoms with Gasteiger partial charge in [0.1, 0.15) is 11.7 Å². The van der Waals surface area contributed by atoms with Gasteiger partial charge in [0.2, 0.25) is 0 Å². The van der Waals surface area contributed by atoms with Crippen LogP contribution < -0.4 is 17.1 Å². The van der Waals surface area contributed by atoms with Crippen LogP contribution in [0.15, 0.2) is 14.4 Å². The van der Waals surface area contributed by atoms with E-state index in [1.165, 1.54) is 0 Å². The number of epoxide rings is 2. The number of nitrogens with one attached hydrogen (secondary N) is 2. The zero-order valence-electron chi connectivity index (χ0n) is 14.0. The third-order valence-corrected chi connectivity index (χ3v) is 4.44. The van der Waals surface area contributed by atoms with E-state index in [0.29, 0.717) is 32.7 Å². The predicted molar refractivity (Wildman–Crippen MR) is 85.6 cm³/mol. The maximum absolute atomic E-state index is 11.9. The van der Waals surface area contributed by atoms with Gasteiger partial charge in [0.15, 0.2) is 0 Å². The van der Waals surface area contributed by atoms with E-state index in [0.717, 1.165) is 11.0 Å². The monoisotopic (exact) mass is 357 g/mol. The van der Waals surface area contributed by atoms with Crippen molar-refractivity contribution in [2.24, 2.45) is 0 Å². The minimum atomic E-state index is -1.14. The molecule has 0 amide bonds. The van der Waals surface area contributed by atoms with E-state index in [1.54, 1.807) is 0 Å². The van der Waals surface area contributed by atoms with Gasteiger partial charge < -0.3 is 19.3 Å². The standard InChI is InChI=1S/C15H23N3O7/c1-2-3-25-15(4-9-7-23-9,5-10-8-24-10)11(19)6-18-13(21)16-12(20)17-14(18)22/h9-11,19H,2-8H2,1H3,(H2,16,17,20,21,22). The number of nitrogens with zero attached hydrogens (tertiary/aromatic N) is 1. The molecule has 10 nitrogen and oxygen atoms in total. The van der Waals surface area contributed by atoms with Crippen LogP contribution in [0.4, 0.5) is 0 Å². The van der Waals surface area contributed by atoms with Crippen molar-refractivity contribution in [2.75, 3.05) is 19.8 Å². The molecule has 0 bridgehead atoms. The van der Waals surface area contributed by atoms with Crippen LogP contribution in [0.1, 0.15) is 26.2 Å². The van der Waals surface area contributed by atoms with Crippen LogP contribution in [0.25, 0.3) is 0 Å². The molecule has 25 heavy (non-hydrogen) atoms. The number of aromatic nitrogens is 3. The highest BCUT2D eigenvalue weighted by Gasteiger charge is 2.48. The Balaban J connectivity index is 1.86. The summed E-state index contributed by atoms with van der Waals surface area (Å²) in [6.45, 7) is 3.26. The molecule has 3 rings (SSSR count). The fraction of sp³-hybridized carbons (Fsp3) is 0.800. The quantitative estimate of drug-likeness (QED) is 0.425. The van der Waals surface area contributed by atoms with E-state index in [2.05, 4.69) is 0 Å². The summed E-state index contributed by atoms with van der Waals surface area (Å²) >= 11 is 0. The molecule has 0 aliphatic carbocycles. The molecule has 3 N–H and O–H groups in total. The minimum absolute atomic E-state index is 0.0177. The zero-order valence-corrected chi connectivity index (χ0v) is 14.0. The van der Waals surface area contributed by atoms with E-state index in [-0.39, 0.29) is 18.8 Å². The molecule has 3 atom stereocenters. The Kier molecular flexibility index (Phi) is 5.23. The Morgan fingerprint density at radius 2 is 1.72 bits per heavy atom. The number of hydrogen-bond acceptors (Lipinski definition) is 7. The summed E-state index contributed by atoms with van der Waals surface area (Å²) in [5.74, 6) is 0. The van der Waals surface area contributed by atoms with Crippen LogP contribution in [0.5, 0.6) is 0 Å². The van der Waals surface area contributed by atoms with Gasteiger partial charge in [-0.2, -0.15) is 0 Å². The van der Waals surface area contributed by atoms with E-state index in [1.807, 2.05) is 16.9 Å². The van der Waals surface area contributed by atoms with Crippen LogP contribution >= 0.6 is 0 Å². The lowest BCUT2D eigenvalue weighted by atomic mass is 9.85. The molecule has 1 aromatic heterocycles. The van der Waals surface area contributed by atoms with Crippen LogP contribution in [-0.2, 0) is 20.8 Å². The first-order valence-electron chi connectivity index (χ1n) is 8.42. The number of hydrogen-bond donors (Lipinski definition) is 3. The molecule has 2 aliphatic heterocycles. The van der Waals surface area contributed by atoms with Crippen molar-refractivity contribution in [3.63, 3.8) is 0 Å². The molecule has 0 aromatic carbocycles. The lowest BCUT2D eigenvalue weighted by Gasteiger charge is -2.37. The van der Waals surface area contributed by atoms with Gasteiger partial charge in [-0.1, -0.05) is 6.92 Å². The van der Waals surface area contributed by atoms with Crippen molar-refractivity contribution in [3.8, 4) is 0 Å². The summed E-state index contributed by atoms with van der Waals surface area (Å²) in [7, 11) is 0. The lowest BCUT2D eigenvalue weighted by Crippen LogP contribution is -2.53. The summed E-state index contributed by atoms with van der Waals surface area (Å²) in [4.78, 5) is 38.9. The van der Waals surface area contributed by atoms with E-state index < -0.39 is 28.8 Å². The second kappa shape index (κ2) is 7.24. The summed E-state index contributed by atoms with van der Waals surface area (Å²) in [5.41, 5.74) is -3.61. The number of H-pyrrole nitrogens is 2. The molecule has 2 saturated heterocycles. The maximum atomic E-state index is 11.9. The summed E-state index contributed by atoms with van der Waals surface area (Å²) in [5, 5.41) is 10.9. The fourth-order valence-electron chi connectivity index (χ4n) is 2.98. The number of rotatable bonds is 10. The number of aliphatic hydroxyl groups is 1. The minimum Gasteiger partial charge on any atom is -0.388 e. The van der Waals surface area contributed by atoms with Crippen molar-refractivity contribution in [1.29, 1.82) is 0 Å². The zero-order chi connectivity index (χ0) is 18.0. The van der Waals surface area contributed by atoms with Gasteiger partial charge in [-0.05, 0) is 6.42 Å². The molecule has 1 aromatic rings. The van der Waals surface area contributed by atoms with Gasteiger partial charge in [0, 0.05) is 19.4 Å². The van der Waals surface area contributed by atoms with Gasteiger partial charge in [-0.3, -0.25) is 9.97 Å². The molecule has 2 aliphatic rings. The maximum Gasteiger partial charge on any atom is 0.333 e. The van der Waals surface area contributed by atoms with Crippen LogP contribution in [0.3, 0.4) is 0 Å². The van der Waals surface area contributed by atoms with Crippen molar-refractivity contribution in [1.82, 2.24) is 14.5 Å². The van der Waals surface area contributed by atoms with Gasteiger partial charge >= 0.3 is 17.1 Å². The van der Waals surface area contributed by atoms with Crippen molar-refractivity contribution in [2.45, 2.75) is 56.6 Å². The molecular formula is C15H23N3O7. The van der Waals surface area contributed by atoms with Gasteiger partial charge in [-0.25, -0.2) is 19.0 Å². The third-order valence-electron chi connectivity index (χ3n) is 4.44. The SMILES string of the molecule is CCCOC(CC1CO1)(CC1CO1)C(O)Cn1c(=O)[nH]c(=O)[nH]c1=O. The lowest BCUT2D eigenvalue weighted by molar-refractivity contribution is -0.143. The highest BCUT2D eigenvalue weighted by Crippen LogP contribution is 2.37. The van der Waals surface area contributed by atoms with E-state index in [4.69, 9.17) is 14.2 Å². The van der Waals surface area contributed by atoms with E-state index in [9.17, 15) is 19.5 Å². The average Bonchev–Trinajstić information content (AvgIpc) is 3.45. The van der Waals surface area contributed by atoms with Crippen molar-refractivity contribution < 1.29 is 19.3 Å². The molecule has 3 unspecified atom stereocenters. The van der Waals surface area contributed by atoms with Crippen LogP contribution in [0.2, 0.25) is 0 Å². The van der Waals surface area contributed by atoms with Gasteiger partial charge in [0.25, 0.3) is 0 Å². The molecule has 0 radical (unpaired) electrons. The van der Waals surface area contributed by atoms with Gasteiger partial charge in [-0.15, -0.1) is 0 Å². The largest absolute Gasteiger partial charge is 0.388 e. The third kappa shape index (κ3) is 4.46. The second-order valence-corrected chi connectivity index (χ2v) is 6.55. The normalized spacial score (nSPS) is 25.4. The number of aromatic amines is 2. The summed E-state index contributed by atoms with van der Waals surface area (Å²) in [6.07, 6.45) is 0.475. The van der Waals surface area contributed by atoms with Crippen molar-refractivity contribution in [3.05, 3.63) is 31.5 Å². The Morgan fingerprint density at radius 1 is 1.20 bits per heavy atom. The Morgan fingerprint density at radius 3 is 2.16 bits per heavy atom. The molecule has 140 valence electrons.